The van der Waals surface area contributed by atoms with E-state index >= 15 is 0 Å². The lowest BCUT2D eigenvalue weighted by Gasteiger charge is -2.35. The summed E-state index contributed by atoms with van der Waals surface area (Å²) >= 11 is 0. The van der Waals surface area contributed by atoms with Gasteiger partial charge in [0.25, 0.3) is 0 Å². The molecule has 0 radical (unpaired) electrons. The van der Waals surface area contributed by atoms with Crippen LogP contribution in [0.15, 0.2) is 176 Å². The molecule has 47 heavy (non-hydrogen) atoms. The number of hydrogen-bond acceptors (Lipinski definition) is 0. The van der Waals surface area contributed by atoms with Gasteiger partial charge in [0, 0.05) is 21.9 Å². The van der Waals surface area contributed by atoms with Crippen molar-refractivity contribution in [3.8, 4) is 16.8 Å². The van der Waals surface area contributed by atoms with Gasteiger partial charge in [-0.1, -0.05) is 166 Å². The van der Waals surface area contributed by atoms with Gasteiger partial charge in [0.2, 0.25) is 0 Å². The summed E-state index contributed by atoms with van der Waals surface area (Å²) in [6.45, 7) is 4.82. The van der Waals surface area contributed by atoms with Crippen molar-refractivity contribution in [1.29, 1.82) is 0 Å². The van der Waals surface area contributed by atoms with Crippen molar-refractivity contribution in [2.45, 2.75) is 19.3 Å². The molecule has 0 saturated carbocycles. The summed E-state index contributed by atoms with van der Waals surface area (Å²) in [7, 11) is -2.63. The number of fused-ring (bicyclic) bond motifs is 6. The third-order valence-corrected chi connectivity index (χ3v) is 15.3. The van der Waals surface area contributed by atoms with E-state index in [0.29, 0.717) is 0 Å². The first kappa shape index (κ1) is 27.8. The second-order valence-electron chi connectivity index (χ2n) is 13.3. The summed E-state index contributed by atoms with van der Waals surface area (Å²) in [6, 6.07) is 65.8. The number of aromatic nitrogens is 1. The molecule has 0 amide bonds. The van der Waals surface area contributed by atoms with Crippen LogP contribution in [0, 0.1) is 0 Å². The fraction of sp³-hybridized carbons (Fsp3) is 0.0667. The molecule has 0 fully saturated rings. The molecule has 0 atom stereocenters. The van der Waals surface area contributed by atoms with Gasteiger partial charge < -0.3 is 4.57 Å². The minimum atomic E-state index is -2.63. The molecular formula is C45H35NSi. The van der Waals surface area contributed by atoms with E-state index in [-0.39, 0.29) is 5.41 Å². The molecule has 1 aliphatic carbocycles. The van der Waals surface area contributed by atoms with Crippen LogP contribution in [0.5, 0.6) is 0 Å². The van der Waals surface area contributed by atoms with Crippen LogP contribution in [0.25, 0.3) is 38.6 Å². The fourth-order valence-electron chi connectivity index (χ4n) is 8.36. The van der Waals surface area contributed by atoms with Gasteiger partial charge >= 0.3 is 0 Å². The fourth-order valence-corrected chi connectivity index (χ4v) is 13.1. The number of nitrogens with zero attached hydrogens (tertiary/aromatic N) is 1. The lowest BCUT2D eigenvalue weighted by molar-refractivity contribution is 0.660. The zero-order valence-electron chi connectivity index (χ0n) is 26.7. The van der Waals surface area contributed by atoms with Crippen LogP contribution < -0.4 is 20.7 Å². The molecule has 0 N–H and O–H groups in total. The smallest absolute Gasteiger partial charge is 0.179 e. The second-order valence-corrected chi connectivity index (χ2v) is 17.1. The summed E-state index contributed by atoms with van der Waals surface area (Å²) in [5.41, 5.74) is 9.01. The number of rotatable bonds is 5. The molecule has 8 aromatic rings. The maximum Gasteiger partial charge on any atom is 0.179 e. The molecule has 224 valence electrons. The van der Waals surface area contributed by atoms with Crippen molar-refractivity contribution in [3.63, 3.8) is 0 Å². The summed E-state index contributed by atoms with van der Waals surface area (Å²) < 4.78 is 2.44. The maximum absolute atomic E-state index is 2.63. The van der Waals surface area contributed by atoms with Crippen LogP contribution in [0.2, 0.25) is 0 Å². The molecule has 9 rings (SSSR count). The SMILES string of the molecule is CC1(C)c2cc(-n3c4ccccc4c4ccccc43)ccc2-c2ccc([Si](c3ccccc3)(c3ccccc3)c3ccccc3)cc21. The molecular weight excluding hydrogens is 583 g/mol. The number of para-hydroxylation sites is 2. The molecule has 1 aromatic heterocycles. The summed E-state index contributed by atoms with van der Waals surface area (Å²) in [5.74, 6) is 0. The normalized spacial score (nSPS) is 13.5. The Balaban J connectivity index is 1.26. The molecule has 1 heterocycles. The molecule has 1 aliphatic rings. The first-order valence-corrected chi connectivity index (χ1v) is 18.5. The minimum absolute atomic E-state index is 0.167. The Hall–Kier alpha value is -5.44. The van der Waals surface area contributed by atoms with Crippen LogP contribution >= 0.6 is 0 Å². The monoisotopic (exact) mass is 617 g/mol. The Kier molecular flexibility index (Phi) is 6.25. The van der Waals surface area contributed by atoms with Gasteiger partial charge in [0.05, 0.1) is 11.0 Å². The van der Waals surface area contributed by atoms with E-state index < -0.39 is 8.07 Å². The van der Waals surface area contributed by atoms with Gasteiger partial charge in [-0.3, -0.25) is 0 Å². The van der Waals surface area contributed by atoms with Gasteiger partial charge in [-0.25, -0.2) is 0 Å². The van der Waals surface area contributed by atoms with E-state index in [1.165, 1.54) is 70.5 Å². The average Bonchev–Trinajstić information content (AvgIpc) is 3.58. The van der Waals surface area contributed by atoms with Crippen molar-refractivity contribution in [1.82, 2.24) is 4.57 Å². The third-order valence-electron chi connectivity index (χ3n) is 10.6. The van der Waals surface area contributed by atoms with Crippen LogP contribution in [0.1, 0.15) is 25.0 Å². The highest BCUT2D eigenvalue weighted by Gasteiger charge is 2.44. The largest absolute Gasteiger partial charge is 0.309 e. The second kappa shape index (κ2) is 10.6. The molecule has 0 unspecified atom stereocenters. The highest BCUT2D eigenvalue weighted by molar-refractivity contribution is 7.19. The van der Waals surface area contributed by atoms with Crippen molar-refractivity contribution in [3.05, 3.63) is 187 Å². The van der Waals surface area contributed by atoms with Crippen LogP contribution in [-0.2, 0) is 5.41 Å². The molecule has 0 saturated heterocycles. The van der Waals surface area contributed by atoms with E-state index in [4.69, 9.17) is 0 Å². The molecule has 0 bridgehead atoms. The highest BCUT2D eigenvalue weighted by atomic mass is 28.3. The standard InChI is InChI=1S/C45H35NSi/c1-45(2)41-30-32(46-43-24-14-12-22-39(43)40-23-13-15-25-44(40)46)26-28-37(41)38-29-27-36(31-42(38)45)47(33-16-6-3-7-17-33,34-18-8-4-9-19-34)35-20-10-5-11-21-35/h3-31H,1-2H3. The van der Waals surface area contributed by atoms with Crippen LogP contribution in [0.3, 0.4) is 0 Å². The van der Waals surface area contributed by atoms with Gasteiger partial charge in [-0.05, 0) is 67.3 Å². The average molecular weight is 618 g/mol. The van der Waals surface area contributed by atoms with E-state index in [2.05, 4.69) is 194 Å². The Morgan fingerprint density at radius 1 is 0.404 bits per heavy atom. The van der Waals surface area contributed by atoms with Gasteiger partial charge in [0.1, 0.15) is 0 Å². The zero-order chi connectivity index (χ0) is 31.6. The predicted octanol–water partition coefficient (Wildman–Crippen LogP) is 8.47. The zero-order valence-corrected chi connectivity index (χ0v) is 27.7. The first-order chi connectivity index (χ1) is 23.1. The minimum Gasteiger partial charge on any atom is -0.309 e. The molecule has 1 nitrogen and oxygen atoms in total. The summed E-state index contributed by atoms with van der Waals surface area (Å²) in [6.07, 6.45) is 0. The van der Waals surface area contributed by atoms with Gasteiger partial charge in [-0.15, -0.1) is 0 Å². The van der Waals surface area contributed by atoms with Crippen molar-refractivity contribution in [2.75, 3.05) is 0 Å². The summed E-state index contributed by atoms with van der Waals surface area (Å²) in [5, 5.41) is 8.21. The lowest BCUT2D eigenvalue weighted by Crippen LogP contribution is -2.74. The van der Waals surface area contributed by atoms with Crippen molar-refractivity contribution < 1.29 is 0 Å². The quantitative estimate of drug-likeness (QED) is 0.135. The van der Waals surface area contributed by atoms with E-state index in [9.17, 15) is 0 Å². The Labute approximate surface area is 277 Å². The van der Waals surface area contributed by atoms with Crippen LogP contribution in [-0.4, -0.2) is 12.6 Å². The number of hydrogen-bond donors (Lipinski definition) is 0. The Morgan fingerprint density at radius 2 is 0.830 bits per heavy atom. The van der Waals surface area contributed by atoms with E-state index in [1.807, 2.05) is 0 Å². The molecule has 7 aromatic carbocycles. The molecule has 2 heteroatoms. The number of benzene rings is 7. The lowest BCUT2D eigenvalue weighted by atomic mass is 9.82. The summed E-state index contributed by atoms with van der Waals surface area (Å²) in [4.78, 5) is 0. The van der Waals surface area contributed by atoms with E-state index in [0.717, 1.165) is 0 Å². The van der Waals surface area contributed by atoms with Gasteiger partial charge in [-0.2, -0.15) is 0 Å². The maximum atomic E-state index is 2.56. The Morgan fingerprint density at radius 3 is 1.34 bits per heavy atom. The van der Waals surface area contributed by atoms with E-state index in [1.54, 1.807) is 0 Å². The first-order valence-electron chi connectivity index (χ1n) is 16.5. The predicted molar refractivity (Wildman–Crippen MR) is 202 cm³/mol. The van der Waals surface area contributed by atoms with Crippen LogP contribution in [0.4, 0.5) is 0 Å². The van der Waals surface area contributed by atoms with Crippen molar-refractivity contribution >= 4 is 50.6 Å². The van der Waals surface area contributed by atoms with Gasteiger partial charge in [0.15, 0.2) is 8.07 Å². The Bertz CT molecular complexity index is 2270. The third kappa shape index (κ3) is 4.01. The topological polar surface area (TPSA) is 4.93 Å². The molecule has 0 aliphatic heterocycles. The highest BCUT2D eigenvalue weighted by Crippen LogP contribution is 2.49. The van der Waals surface area contributed by atoms with Crippen molar-refractivity contribution in [2.24, 2.45) is 0 Å². The molecule has 0 spiro atoms.